The summed E-state index contributed by atoms with van der Waals surface area (Å²) in [5, 5.41) is 12.5. The molecule has 0 saturated carbocycles. The molecule has 2 heteroatoms. The van der Waals surface area contributed by atoms with Crippen molar-refractivity contribution in [2.75, 3.05) is 0 Å². The predicted octanol–water partition coefficient (Wildman–Crippen LogP) is 5.00. The van der Waals surface area contributed by atoms with Gasteiger partial charge in [-0.3, -0.25) is 0 Å². The average molecular weight is 273 g/mol. The highest BCUT2D eigenvalue weighted by molar-refractivity contribution is 6.09. The van der Waals surface area contributed by atoms with Gasteiger partial charge in [-0.1, -0.05) is 48.5 Å². The first kappa shape index (κ1) is 12.0. The number of nitrogens with one attached hydrogen (secondary N) is 1. The molecule has 0 atom stereocenters. The molecule has 2 N–H and O–H groups in total. The van der Waals surface area contributed by atoms with Crippen molar-refractivity contribution < 1.29 is 5.11 Å². The minimum absolute atomic E-state index is 0.316. The summed E-state index contributed by atoms with van der Waals surface area (Å²) in [6, 6.07) is 20.0. The van der Waals surface area contributed by atoms with Crippen LogP contribution in [0.4, 0.5) is 0 Å². The highest BCUT2D eigenvalue weighted by atomic mass is 16.3. The SMILES string of the molecule is Cc1c(-c2ccccc2O)ccc2c1[nH]c1ccccc12. The second kappa shape index (κ2) is 4.38. The molecular weight excluding hydrogens is 258 g/mol. The van der Waals surface area contributed by atoms with E-state index >= 15 is 0 Å². The fourth-order valence-electron chi connectivity index (χ4n) is 3.05. The van der Waals surface area contributed by atoms with E-state index in [-0.39, 0.29) is 0 Å². The number of fused-ring (bicyclic) bond motifs is 3. The van der Waals surface area contributed by atoms with E-state index in [0.717, 1.165) is 27.7 Å². The van der Waals surface area contributed by atoms with Gasteiger partial charge in [0.25, 0.3) is 0 Å². The molecule has 1 heterocycles. The topological polar surface area (TPSA) is 36.0 Å². The summed E-state index contributed by atoms with van der Waals surface area (Å²) in [4.78, 5) is 3.49. The number of phenolic OH excluding ortho intramolecular Hbond substituents is 1. The van der Waals surface area contributed by atoms with Gasteiger partial charge in [0.2, 0.25) is 0 Å². The maximum atomic E-state index is 10.1. The molecule has 4 aromatic rings. The molecule has 0 radical (unpaired) electrons. The van der Waals surface area contributed by atoms with Crippen molar-refractivity contribution in [3.05, 3.63) is 66.2 Å². The number of aromatic nitrogens is 1. The predicted molar refractivity (Wildman–Crippen MR) is 87.6 cm³/mol. The van der Waals surface area contributed by atoms with E-state index in [1.54, 1.807) is 6.07 Å². The first-order chi connectivity index (χ1) is 10.3. The first-order valence-corrected chi connectivity index (χ1v) is 7.04. The lowest BCUT2D eigenvalue weighted by Gasteiger charge is -2.09. The van der Waals surface area contributed by atoms with E-state index < -0.39 is 0 Å². The zero-order valence-corrected chi connectivity index (χ0v) is 11.7. The Morgan fingerprint density at radius 1 is 0.762 bits per heavy atom. The second-order valence-corrected chi connectivity index (χ2v) is 5.35. The Bertz CT molecular complexity index is 966. The molecule has 0 unspecified atom stereocenters. The summed E-state index contributed by atoms with van der Waals surface area (Å²) in [7, 11) is 0. The van der Waals surface area contributed by atoms with E-state index in [9.17, 15) is 5.11 Å². The standard InChI is InChI=1S/C19H15NO/c1-12-13(15-7-3-5-9-18(15)21)10-11-16-14-6-2-4-8-17(14)20-19(12)16/h2-11,20-21H,1H3. The lowest BCUT2D eigenvalue weighted by molar-refractivity contribution is 0.477. The van der Waals surface area contributed by atoms with Crippen LogP contribution in [0.15, 0.2) is 60.7 Å². The molecular formula is C19H15NO. The normalized spacial score (nSPS) is 11.3. The number of aryl methyl sites for hydroxylation is 1. The molecule has 2 nitrogen and oxygen atoms in total. The monoisotopic (exact) mass is 273 g/mol. The summed E-state index contributed by atoms with van der Waals surface area (Å²) in [6.45, 7) is 2.10. The van der Waals surface area contributed by atoms with E-state index in [0.29, 0.717) is 5.75 Å². The third kappa shape index (κ3) is 1.73. The molecule has 0 aliphatic carbocycles. The minimum atomic E-state index is 0.316. The molecule has 0 fully saturated rings. The minimum Gasteiger partial charge on any atom is -0.507 e. The number of hydrogen-bond acceptors (Lipinski definition) is 1. The molecule has 0 amide bonds. The van der Waals surface area contributed by atoms with Gasteiger partial charge < -0.3 is 10.1 Å². The van der Waals surface area contributed by atoms with Gasteiger partial charge in [-0.05, 0) is 30.2 Å². The summed E-state index contributed by atoms with van der Waals surface area (Å²) < 4.78 is 0. The van der Waals surface area contributed by atoms with Gasteiger partial charge in [0.15, 0.2) is 0 Å². The first-order valence-electron chi connectivity index (χ1n) is 7.04. The van der Waals surface area contributed by atoms with Gasteiger partial charge in [0.05, 0.1) is 5.52 Å². The number of para-hydroxylation sites is 2. The number of aromatic hydroxyl groups is 1. The lowest BCUT2D eigenvalue weighted by atomic mass is 9.97. The average Bonchev–Trinajstić information content (AvgIpc) is 2.89. The van der Waals surface area contributed by atoms with Crippen molar-refractivity contribution in [1.82, 2.24) is 4.98 Å². The fourth-order valence-corrected chi connectivity index (χ4v) is 3.05. The maximum absolute atomic E-state index is 10.1. The van der Waals surface area contributed by atoms with Crippen LogP contribution in [-0.2, 0) is 0 Å². The molecule has 0 spiro atoms. The fraction of sp³-hybridized carbons (Fsp3) is 0.0526. The van der Waals surface area contributed by atoms with Crippen LogP contribution >= 0.6 is 0 Å². The molecule has 0 aliphatic heterocycles. The van der Waals surface area contributed by atoms with Crippen LogP contribution in [-0.4, -0.2) is 10.1 Å². The van der Waals surface area contributed by atoms with Crippen molar-refractivity contribution in [2.24, 2.45) is 0 Å². The smallest absolute Gasteiger partial charge is 0.123 e. The Kier molecular flexibility index (Phi) is 2.51. The van der Waals surface area contributed by atoms with Crippen molar-refractivity contribution in [1.29, 1.82) is 0 Å². The Morgan fingerprint density at radius 2 is 1.52 bits per heavy atom. The number of aromatic amines is 1. The number of hydrogen-bond donors (Lipinski definition) is 2. The molecule has 21 heavy (non-hydrogen) atoms. The molecule has 3 aromatic carbocycles. The Hall–Kier alpha value is -2.74. The van der Waals surface area contributed by atoms with E-state index in [1.807, 2.05) is 24.3 Å². The molecule has 0 saturated heterocycles. The molecule has 0 bridgehead atoms. The van der Waals surface area contributed by atoms with E-state index in [1.165, 1.54) is 10.8 Å². The third-order valence-corrected chi connectivity index (χ3v) is 4.14. The van der Waals surface area contributed by atoms with Crippen LogP contribution in [0.1, 0.15) is 5.56 Å². The number of H-pyrrole nitrogens is 1. The Morgan fingerprint density at radius 3 is 2.38 bits per heavy atom. The number of phenols is 1. The van der Waals surface area contributed by atoms with Crippen LogP contribution in [0.5, 0.6) is 5.75 Å². The molecule has 0 aliphatic rings. The molecule has 102 valence electrons. The van der Waals surface area contributed by atoms with Crippen molar-refractivity contribution >= 4 is 21.8 Å². The summed E-state index contributed by atoms with van der Waals surface area (Å²) >= 11 is 0. The Labute approximate surface area is 122 Å². The Balaban J connectivity index is 2.07. The van der Waals surface area contributed by atoms with Gasteiger partial charge in [-0.2, -0.15) is 0 Å². The second-order valence-electron chi connectivity index (χ2n) is 5.35. The summed E-state index contributed by atoms with van der Waals surface area (Å²) in [5.74, 6) is 0.316. The summed E-state index contributed by atoms with van der Waals surface area (Å²) in [5.41, 5.74) is 5.37. The van der Waals surface area contributed by atoms with Crippen LogP contribution in [0, 0.1) is 6.92 Å². The van der Waals surface area contributed by atoms with Gasteiger partial charge >= 0.3 is 0 Å². The third-order valence-electron chi connectivity index (χ3n) is 4.14. The zero-order valence-electron chi connectivity index (χ0n) is 11.7. The van der Waals surface area contributed by atoms with Crippen LogP contribution in [0.25, 0.3) is 32.9 Å². The van der Waals surface area contributed by atoms with Crippen LogP contribution < -0.4 is 0 Å². The van der Waals surface area contributed by atoms with Gasteiger partial charge in [0.1, 0.15) is 5.75 Å². The van der Waals surface area contributed by atoms with E-state index in [2.05, 4.69) is 42.2 Å². The summed E-state index contributed by atoms with van der Waals surface area (Å²) in [6.07, 6.45) is 0. The zero-order chi connectivity index (χ0) is 14.4. The van der Waals surface area contributed by atoms with Crippen molar-refractivity contribution in [3.8, 4) is 16.9 Å². The van der Waals surface area contributed by atoms with Gasteiger partial charge in [-0.25, -0.2) is 0 Å². The molecule has 4 rings (SSSR count). The number of rotatable bonds is 1. The highest BCUT2D eigenvalue weighted by Gasteiger charge is 2.12. The van der Waals surface area contributed by atoms with Crippen LogP contribution in [0.3, 0.4) is 0 Å². The largest absolute Gasteiger partial charge is 0.507 e. The molecule has 1 aromatic heterocycles. The van der Waals surface area contributed by atoms with E-state index in [4.69, 9.17) is 0 Å². The number of benzene rings is 3. The van der Waals surface area contributed by atoms with Crippen molar-refractivity contribution in [2.45, 2.75) is 6.92 Å². The maximum Gasteiger partial charge on any atom is 0.123 e. The quantitative estimate of drug-likeness (QED) is 0.503. The van der Waals surface area contributed by atoms with Gasteiger partial charge in [-0.15, -0.1) is 0 Å². The van der Waals surface area contributed by atoms with Crippen LogP contribution in [0.2, 0.25) is 0 Å². The van der Waals surface area contributed by atoms with Gasteiger partial charge in [0, 0.05) is 21.9 Å². The van der Waals surface area contributed by atoms with Crippen molar-refractivity contribution in [3.63, 3.8) is 0 Å². The lowest BCUT2D eigenvalue weighted by Crippen LogP contribution is -1.85. The highest BCUT2D eigenvalue weighted by Crippen LogP contribution is 2.36.